The number of allylic oxidation sites excluding steroid dienone is 2. The maximum absolute atomic E-state index is 12.0. The highest BCUT2D eigenvalue weighted by Gasteiger charge is 2.22. The van der Waals surface area contributed by atoms with Crippen LogP contribution in [-0.2, 0) is 17.8 Å². The van der Waals surface area contributed by atoms with Gasteiger partial charge in [-0.25, -0.2) is 0 Å². The minimum atomic E-state index is 0.229. The van der Waals surface area contributed by atoms with Gasteiger partial charge in [0, 0.05) is 31.0 Å². The van der Waals surface area contributed by atoms with Crippen LogP contribution in [0.3, 0.4) is 0 Å². The lowest BCUT2D eigenvalue weighted by atomic mass is 9.99. The molecule has 0 amide bonds. The molecule has 25 heavy (non-hydrogen) atoms. The number of fused-ring (bicyclic) bond motifs is 1. The van der Waals surface area contributed by atoms with Crippen LogP contribution < -0.4 is 4.90 Å². The Labute approximate surface area is 148 Å². The second-order valence-corrected chi connectivity index (χ2v) is 6.66. The molecule has 3 nitrogen and oxygen atoms in total. The van der Waals surface area contributed by atoms with E-state index < -0.39 is 0 Å². The highest BCUT2D eigenvalue weighted by molar-refractivity contribution is 5.92. The summed E-state index contributed by atoms with van der Waals surface area (Å²) in [5.41, 5.74) is 5.80. The zero-order valence-electron chi connectivity index (χ0n) is 14.3. The van der Waals surface area contributed by atoms with Crippen molar-refractivity contribution in [2.75, 3.05) is 4.90 Å². The summed E-state index contributed by atoms with van der Waals surface area (Å²) in [6.45, 7) is 0.756. The fourth-order valence-electron chi connectivity index (χ4n) is 3.62. The molecule has 0 fully saturated rings. The lowest BCUT2D eigenvalue weighted by molar-refractivity contribution is -0.115. The Morgan fingerprint density at radius 2 is 1.84 bits per heavy atom. The first-order valence-corrected chi connectivity index (χ1v) is 9.00. The standard InChI is InChI=1S/C22H22N2O/c25-20-12-5-11-19(15-20)24(16-17-7-2-1-3-8-17)21-13-4-9-18-10-6-14-23-22(18)21/h1-4,7-9,13-15H,5-6,10-12,16H2. The van der Waals surface area contributed by atoms with E-state index in [2.05, 4.69) is 47.4 Å². The number of aliphatic imine (C=N–C) groups is 1. The minimum Gasteiger partial charge on any atom is -0.339 e. The number of nitrogens with zero attached hydrogens (tertiary/aromatic N) is 2. The minimum absolute atomic E-state index is 0.229. The summed E-state index contributed by atoms with van der Waals surface area (Å²) in [4.78, 5) is 19.0. The van der Waals surface area contributed by atoms with Crippen molar-refractivity contribution in [2.45, 2.75) is 38.6 Å². The van der Waals surface area contributed by atoms with Crippen LogP contribution in [-0.4, -0.2) is 12.0 Å². The summed E-state index contributed by atoms with van der Waals surface area (Å²) in [5.74, 6) is 0.229. The van der Waals surface area contributed by atoms with Gasteiger partial charge in [0.15, 0.2) is 5.78 Å². The predicted octanol–water partition coefficient (Wildman–Crippen LogP) is 4.98. The molecule has 2 aromatic rings. The molecular formula is C22H22N2O. The molecule has 1 aliphatic carbocycles. The largest absolute Gasteiger partial charge is 0.339 e. The van der Waals surface area contributed by atoms with E-state index in [1.807, 2.05) is 18.4 Å². The van der Waals surface area contributed by atoms with Gasteiger partial charge in [-0.1, -0.05) is 42.5 Å². The van der Waals surface area contributed by atoms with E-state index in [-0.39, 0.29) is 5.78 Å². The predicted molar refractivity (Wildman–Crippen MR) is 102 cm³/mol. The molecule has 0 atom stereocenters. The van der Waals surface area contributed by atoms with Crippen molar-refractivity contribution < 1.29 is 4.79 Å². The van der Waals surface area contributed by atoms with Gasteiger partial charge in [-0.2, -0.15) is 0 Å². The SMILES string of the molecule is O=C1C=C(N(Cc2ccccc2)c2cccc3c2N=CCC3)CCC1. The van der Waals surface area contributed by atoms with Gasteiger partial charge in [-0.3, -0.25) is 9.79 Å². The lowest BCUT2D eigenvalue weighted by Gasteiger charge is -2.31. The number of carbonyl (C=O) groups is 1. The van der Waals surface area contributed by atoms with Crippen molar-refractivity contribution in [1.82, 2.24) is 0 Å². The molecule has 0 radical (unpaired) electrons. The van der Waals surface area contributed by atoms with Crippen LogP contribution in [0.25, 0.3) is 0 Å². The van der Waals surface area contributed by atoms with E-state index in [1.54, 1.807) is 0 Å². The first-order valence-electron chi connectivity index (χ1n) is 9.00. The van der Waals surface area contributed by atoms with Gasteiger partial charge in [-0.05, 0) is 42.9 Å². The van der Waals surface area contributed by atoms with E-state index >= 15 is 0 Å². The summed E-state index contributed by atoms with van der Waals surface area (Å²) < 4.78 is 0. The average molecular weight is 330 g/mol. The van der Waals surface area contributed by atoms with Gasteiger partial charge < -0.3 is 4.90 Å². The zero-order valence-corrected chi connectivity index (χ0v) is 14.3. The normalized spacial score (nSPS) is 16.3. The monoisotopic (exact) mass is 330 g/mol. The van der Waals surface area contributed by atoms with Crippen molar-refractivity contribution in [3.63, 3.8) is 0 Å². The molecule has 0 N–H and O–H groups in total. The van der Waals surface area contributed by atoms with Crippen LogP contribution in [0.4, 0.5) is 11.4 Å². The molecule has 0 saturated carbocycles. The maximum atomic E-state index is 12.0. The van der Waals surface area contributed by atoms with Gasteiger partial charge in [0.2, 0.25) is 0 Å². The van der Waals surface area contributed by atoms with Crippen molar-refractivity contribution in [3.05, 3.63) is 71.4 Å². The first-order chi connectivity index (χ1) is 12.3. The molecule has 4 rings (SSSR count). The second kappa shape index (κ2) is 7.06. The molecular weight excluding hydrogens is 308 g/mol. The Hall–Kier alpha value is -2.68. The molecule has 0 saturated heterocycles. The Morgan fingerprint density at radius 1 is 0.960 bits per heavy atom. The molecule has 0 unspecified atom stereocenters. The van der Waals surface area contributed by atoms with E-state index in [9.17, 15) is 4.79 Å². The number of benzene rings is 2. The third kappa shape index (κ3) is 3.41. The molecule has 2 aliphatic rings. The number of ketones is 1. The fraction of sp³-hybridized carbons (Fsp3) is 0.273. The van der Waals surface area contributed by atoms with Crippen molar-refractivity contribution >= 4 is 23.4 Å². The van der Waals surface area contributed by atoms with Crippen LogP contribution in [0.2, 0.25) is 0 Å². The summed E-state index contributed by atoms with van der Waals surface area (Å²) >= 11 is 0. The number of rotatable bonds is 4. The molecule has 2 aromatic carbocycles. The molecule has 1 aliphatic heterocycles. The van der Waals surface area contributed by atoms with Gasteiger partial charge >= 0.3 is 0 Å². The zero-order chi connectivity index (χ0) is 17.1. The molecule has 3 heteroatoms. The number of hydrogen-bond acceptors (Lipinski definition) is 3. The number of aryl methyl sites for hydroxylation is 1. The Morgan fingerprint density at radius 3 is 2.68 bits per heavy atom. The maximum Gasteiger partial charge on any atom is 0.157 e. The third-order valence-corrected chi connectivity index (χ3v) is 4.87. The summed E-state index contributed by atoms with van der Waals surface area (Å²) in [6, 6.07) is 16.8. The van der Waals surface area contributed by atoms with E-state index in [0.29, 0.717) is 6.42 Å². The van der Waals surface area contributed by atoms with E-state index in [4.69, 9.17) is 4.99 Å². The highest BCUT2D eigenvalue weighted by Crippen LogP contribution is 2.38. The molecule has 0 aromatic heterocycles. The summed E-state index contributed by atoms with van der Waals surface area (Å²) in [6.07, 6.45) is 8.39. The van der Waals surface area contributed by atoms with Crippen molar-refractivity contribution in [1.29, 1.82) is 0 Å². The molecule has 0 bridgehead atoms. The number of hydrogen-bond donors (Lipinski definition) is 0. The number of para-hydroxylation sites is 1. The topological polar surface area (TPSA) is 32.7 Å². The quantitative estimate of drug-likeness (QED) is 0.792. The van der Waals surface area contributed by atoms with Crippen molar-refractivity contribution in [3.8, 4) is 0 Å². The van der Waals surface area contributed by atoms with E-state index in [0.717, 1.165) is 49.3 Å². The van der Waals surface area contributed by atoms with Crippen molar-refractivity contribution in [2.24, 2.45) is 4.99 Å². The third-order valence-electron chi connectivity index (χ3n) is 4.87. The molecule has 0 spiro atoms. The second-order valence-electron chi connectivity index (χ2n) is 6.66. The number of anilines is 1. The Bertz CT molecular complexity index is 836. The van der Waals surface area contributed by atoms with Crippen LogP contribution >= 0.6 is 0 Å². The van der Waals surface area contributed by atoms with Crippen LogP contribution in [0.5, 0.6) is 0 Å². The van der Waals surface area contributed by atoms with Crippen LogP contribution in [0.1, 0.15) is 36.8 Å². The first kappa shape index (κ1) is 15.8. The average Bonchev–Trinajstić information content (AvgIpc) is 2.67. The number of carbonyl (C=O) groups excluding carboxylic acids is 1. The molecule has 1 heterocycles. The smallest absolute Gasteiger partial charge is 0.157 e. The van der Waals surface area contributed by atoms with Crippen LogP contribution in [0.15, 0.2) is 65.3 Å². The van der Waals surface area contributed by atoms with Gasteiger partial charge in [0.1, 0.15) is 0 Å². The Balaban J connectivity index is 1.78. The Kier molecular flexibility index (Phi) is 4.47. The lowest BCUT2D eigenvalue weighted by Crippen LogP contribution is -2.25. The molecule has 126 valence electrons. The van der Waals surface area contributed by atoms with Gasteiger partial charge in [-0.15, -0.1) is 0 Å². The highest BCUT2D eigenvalue weighted by atomic mass is 16.1. The fourth-order valence-corrected chi connectivity index (χ4v) is 3.62. The van der Waals surface area contributed by atoms with Gasteiger partial charge in [0.25, 0.3) is 0 Å². The van der Waals surface area contributed by atoms with Crippen LogP contribution in [0, 0.1) is 0 Å². The summed E-state index contributed by atoms with van der Waals surface area (Å²) in [5, 5.41) is 0. The van der Waals surface area contributed by atoms with Gasteiger partial charge in [0.05, 0.1) is 11.4 Å². The van der Waals surface area contributed by atoms with E-state index in [1.165, 1.54) is 11.1 Å². The summed E-state index contributed by atoms with van der Waals surface area (Å²) in [7, 11) is 0.